The summed E-state index contributed by atoms with van der Waals surface area (Å²) in [4.78, 5) is 23.7. The van der Waals surface area contributed by atoms with Gasteiger partial charge in [0.1, 0.15) is 12.4 Å². The number of rotatable bonds is 4. The number of carbonyl (C=O) groups is 1. The molecule has 1 fully saturated rings. The summed E-state index contributed by atoms with van der Waals surface area (Å²) < 4.78 is 31.9. The standard InChI is InChI=1S/C24H22F2N6O/c1-30-11-19-22(29-24(13-6-7-13)32(19)12-20(30)33)15-4-3-5-18-16(15)8-17(23(25)26)21(28-18)14-9-27-31(2)10-14/h3-5,8-10,13,23H,6-7,11-12H2,1-2H3. The largest absolute Gasteiger partial charge is 0.338 e. The van der Waals surface area contributed by atoms with Crippen molar-refractivity contribution in [1.29, 1.82) is 0 Å². The summed E-state index contributed by atoms with van der Waals surface area (Å²) >= 11 is 0. The Morgan fingerprint density at radius 2 is 1.91 bits per heavy atom. The fraction of sp³-hybridized carbons (Fsp3) is 0.333. The lowest BCUT2D eigenvalue weighted by molar-refractivity contribution is -0.132. The highest BCUT2D eigenvalue weighted by Crippen LogP contribution is 2.44. The summed E-state index contributed by atoms with van der Waals surface area (Å²) in [6, 6.07) is 7.14. The van der Waals surface area contributed by atoms with E-state index in [0.717, 1.165) is 35.6 Å². The van der Waals surface area contributed by atoms with Crippen LogP contribution in [0.1, 0.15) is 42.3 Å². The lowest BCUT2D eigenvalue weighted by Crippen LogP contribution is -2.36. The number of hydrogen-bond acceptors (Lipinski definition) is 4. The molecule has 3 aromatic heterocycles. The van der Waals surface area contributed by atoms with Gasteiger partial charge in [-0.2, -0.15) is 5.10 Å². The third kappa shape index (κ3) is 3.21. The maximum absolute atomic E-state index is 14.1. The van der Waals surface area contributed by atoms with Gasteiger partial charge in [0.25, 0.3) is 6.43 Å². The number of benzene rings is 1. The van der Waals surface area contributed by atoms with E-state index >= 15 is 0 Å². The molecule has 7 nitrogen and oxygen atoms in total. The van der Waals surface area contributed by atoms with Crippen LogP contribution in [0, 0.1) is 0 Å². The highest BCUT2D eigenvalue weighted by atomic mass is 19.3. The minimum Gasteiger partial charge on any atom is -0.338 e. The molecule has 33 heavy (non-hydrogen) atoms. The van der Waals surface area contributed by atoms with Gasteiger partial charge < -0.3 is 9.47 Å². The van der Waals surface area contributed by atoms with Gasteiger partial charge in [-0.25, -0.2) is 18.7 Å². The van der Waals surface area contributed by atoms with E-state index in [1.165, 1.54) is 6.07 Å². The first-order valence-corrected chi connectivity index (χ1v) is 10.9. The number of pyridine rings is 1. The average Bonchev–Trinajstić information content (AvgIpc) is 3.45. The molecule has 0 spiro atoms. The van der Waals surface area contributed by atoms with Crippen molar-refractivity contribution in [2.75, 3.05) is 7.05 Å². The van der Waals surface area contributed by atoms with Crippen molar-refractivity contribution < 1.29 is 13.6 Å². The third-order valence-corrected chi connectivity index (χ3v) is 6.51. The van der Waals surface area contributed by atoms with Crippen LogP contribution in [0.4, 0.5) is 8.78 Å². The number of nitrogens with zero attached hydrogens (tertiary/aromatic N) is 6. The number of aromatic nitrogens is 5. The van der Waals surface area contributed by atoms with Crippen molar-refractivity contribution in [3.63, 3.8) is 0 Å². The monoisotopic (exact) mass is 448 g/mol. The molecular weight excluding hydrogens is 426 g/mol. The first kappa shape index (κ1) is 20.0. The van der Waals surface area contributed by atoms with Crippen LogP contribution in [0.15, 0.2) is 36.7 Å². The predicted octanol–water partition coefficient (Wildman–Crippen LogP) is 4.29. The van der Waals surface area contributed by atoms with Crippen LogP contribution in [-0.2, 0) is 24.9 Å². The molecule has 0 N–H and O–H groups in total. The quantitative estimate of drug-likeness (QED) is 0.467. The fourth-order valence-electron chi connectivity index (χ4n) is 4.64. The second-order valence-electron chi connectivity index (χ2n) is 8.88. The van der Waals surface area contributed by atoms with Crippen LogP contribution in [0.25, 0.3) is 33.4 Å². The molecule has 4 aromatic rings. The van der Waals surface area contributed by atoms with Gasteiger partial charge in [0, 0.05) is 48.3 Å². The van der Waals surface area contributed by atoms with Gasteiger partial charge in [0.05, 0.1) is 35.3 Å². The Kier molecular flexibility index (Phi) is 4.36. The molecule has 6 rings (SSSR count). The number of imidazole rings is 1. The zero-order valence-electron chi connectivity index (χ0n) is 18.3. The molecule has 1 aromatic carbocycles. The number of amides is 1. The lowest BCUT2D eigenvalue weighted by atomic mass is 9.99. The Balaban J connectivity index is 1.58. The second-order valence-corrected chi connectivity index (χ2v) is 8.88. The topological polar surface area (TPSA) is 68.8 Å². The second kappa shape index (κ2) is 7.19. The van der Waals surface area contributed by atoms with E-state index in [1.807, 2.05) is 22.8 Å². The van der Waals surface area contributed by atoms with Gasteiger partial charge in [-0.1, -0.05) is 12.1 Å². The van der Waals surface area contributed by atoms with E-state index in [-0.39, 0.29) is 23.7 Å². The van der Waals surface area contributed by atoms with E-state index in [2.05, 4.69) is 10.1 Å². The van der Waals surface area contributed by atoms with Crippen LogP contribution in [0.2, 0.25) is 0 Å². The first-order valence-electron chi connectivity index (χ1n) is 10.9. The number of carbonyl (C=O) groups excluding carboxylic acids is 1. The highest BCUT2D eigenvalue weighted by molar-refractivity contribution is 5.96. The zero-order valence-corrected chi connectivity index (χ0v) is 18.3. The molecule has 4 heterocycles. The smallest absolute Gasteiger partial charge is 0.265 e. The molecular formula is C24H22F2N6O. The lowest BCUT2D eigenvalue weighted by Gasteiger charge is -2.26. The van der Waals surface area contributed by atoms with Gasteiger partial charge in [0.15, 0.2) is 0 Å². The van der Waals surface area contributed by atoms with Crippen molar-refractivity contribution in [3.8, 4) is 22.5 Å². The van der Waals surface area contributed by atoms with Crippen molar-refractivity contribution in [1.82, 2.24) is 29.2 Å². The Labute approximate surface area is 188 Å². The van der Waals surface area contributed by atoms with E-state index in [4.69, 9.17) is 4.98 Å². The van der Waals surface area contributed by atoms with E-state index in [9.17, 15) is 13.6 Å². The number of hydrogen-bond donors (Lipinski definition) is 0. The number of alkyl halides is 2. The summed E-state index contributed by atoms with van der Waals surface area (Å²) in [5.74, 6) is 1.33. The Bertz CT molecular complexity index is 1420. The van der Waals surface area contributed by atoms with Crippen molar-refractivity contribution in [2.24, 2.45) is 7.05 Å². The predicted molar refractivity (Wildman–Crippen MR) is 119 cm³/mol. The Morgan fingerprint density at radius 3 is 2.61 bits per heavy atom. The number of halogens is 2. The number of aryl methyl sites for hydroxylation is 1. The molecule has 0 unspecified atom stereocenters. The minimum absolute atomic E-state index is 0.0500. The van der Waals surface area contributed by atoms with Crippen molar-refractivity contribution >= 4 is 16.8 Å². The third-order valence-electron chi connectivity index (χ3n) is 6.51. The molecule has 0 radical (unpaired) electrons. The van der Waals surface area contributed by atoms with E-state index in [0.29, 0.717) is 28.9 Å². The minimum atomic E-state index is -2.69. The zero-order chi connectivity index (χ0) is 22.9. The summed E-state index contributed by atoms with van der Waals surface area (Å²) in [7, 11) is 3.52. The van der Waals surface area contributed by atoms with Crippen molar-refractivity contribution in [3.05, 3.63) is 53.7 Å². The summed E-state index contributed by atoms with van der Waals surface area (Å²) in [5.41, 5.74) is 3.73. The van der Waals surface area contributed by atoms with Crippen molar-refractivity contribution in [2.45, 2.75) is 38.3 Å². The highest BCUT2D eigenvalue weighted by Gasteiger charge is 2.35. The van der Waals surface area contributed by atoms with Crippen LogP contribution in [0.3, 0.4) is 0 Å². The molecule has 1 aliphatic heterocycles. The number of likely N-dealkylation sites (N-methyl/N-ethyl adjacent to an activating group) is 1. The Morgan fingerprint density at radius 1 is 1.09 bits per heavy atom. The maximum atomic E-state index is 14.1. The fourth-order valence-corrected chi connectivity index (χ4v) is 4.64. The Hall–Kier alpha value is -3.62. The molecule has 1 saturated carbocycles. The van der Waals surface area contributed by atoms with Gasteiger partial charge in [-0.05, 0) is 25.0 Å². The maximum Gasteiger partial charge on any atom is 0.265 e. The SMILES string of the molecule is CN1Cc2c(-c3cccc4nc(-c5cnn(C)c5)c(C(F)F)cc34)nc(C3CC3)n2CC1=O. The molecule has 0 bridgehead atoms. The van der Waals surface area contributed by atoms with Gasteiger partial charge >= 0.3 is 0 Å². The van der Waals surface area contributed by atoms with Gasteiger partial charge in [0.2, 0.25) is 5.91 Å². The summed E-state index contributed by atoms with van der Waals surface area (Å²) in [6.45, 7) is 0.703. The van der Waals surface area contributed by atoms with Gasteiger partial charge in [-0.3, -0.25) is 9.48 Å². The first-order chi connectivity index (χ1) is 15.9. The number of fused-ring (bicyclic) bond motifs is 2. The van der Waals surface area contributed by atoms with E-state index < -0.39 is 6.43 Å². The average molecular weight is 448 g/mol. The van der Waals surface area contributed by atoms with Crippen LogP contribution < -0.4 is 0 Å². The normalized spacial score (nSPS) is 16.2. The van der Waals surface area contributed by atoms with Crippen LogP contribution >= 0.6 is 0 Å². The summed E-state index contributed by atoms with van der Waals surface area (Å²) in [5, 5.41) is 4.74. The van der Waals surface area contributed by atoms with Crippen LogP contribution in [-0.4, -0.2) is 42.2 Å². The van der Waals surface area contributed by atoms with E-state index in [1.54, 1.807) is 36.1 Å². The molecule has 1 amide bonds. The molecule has 0 atom stereocenters. The molecule has 168 valence electrons. The van der Waals surface area contributed by atoms with Gasteiger partial charge in [-0.15, -0.1) is 0 Å². The molecule has 2 aliphatic rings. The molecule has 0 saturated heterocycles. The summed E-state index contributed by atoms with van der Waals surface area (Å²) in [6.07, 6.45) is 2.66. The van der Waals surface area contributed by atoms with Crippen LogP contribution in [0.5, 0.6) is 0 Å². The molecule has 1 aliphatic carbocycles. The molecule has 9 heteroatoms.